The highest BCUT2D eigenvalue weighted by Crippen LogP contribution is 2.18. The predicted molar refractivity (Wildman–Crippen MR) is 67.7 cm³/mol. The molecule has 2 aromatic rings. The van der Waals surface area contributed by atoms with Crippen molar-refractivity contribution in [1.29, 1.82) is 0 Å². The van der Waals surface area contributed by atoms with E-state index in [0.29, 0.717) is 23.8 Å². The molecule has 4 N–H and O–H groups in total. The third kappa shape index (κ3) is 2.38. The van der Waals surface area contributed by atoms with Gasteiger partial charge in [-0.1, -0.05) is 13.8 Å². The number of aromatic nitrogens is 2. The third-order valence-corrected chi connectivity index (χ3v) is 2.47. The van der Waals surface area contributed by atoms with Crippen LogP contribution in [0.4, 0.5) is 5.69 Å². The Morgan fingerprint density at radius 1 is 1.53 bits per heavy atom. The fourth-order valence-electron chi connectivity index (χ4n) is 1.59. The van der Waals surface area contributed by atoms with E-state index in [4.69, 9.17) is 5.73 Å². The van der Waals surface area contributed by atoms with Crippen LogP contribution in [0.25, 0.3) is 10.9 Å². The quantitative estimate of drug-likeness (QED) is 0.702. The topological polar surface area (TPSA) is 83.8 Å². The summed E-state index contributed by atoms with van der Waals surface area (Å²) in [4.78, 5) is 11.9. The second kappa shape index (κ2) is 4.45. The molecule has 0 aliphatic heterocycles. The van der Waals surface area contributed by atoms with Crippen molar-refractivity contribution in [2.75, 3.05) is 12.3 Å². The van der Waals surface area contributed by atoms with E-state index in [-0.39, 0.29) is 5.91 Å². The highest BCUT2D eigenvalue weighted by molar-refractivity contribution is 6.05. The van der Waals surface area contributed by atoms with Crippen LogP contribution in [0.3, 0.4) is 0 Å². The smallest absolute Gasteiger partial charge is 0.272 e. The van der Waals surface area contributed by atoms with Crippen molar-refractivity contribution >= 4 is 22.5 Å². The highest BCUT2D eigenvalue weighted by atomic mass is 16.1. The first-order valence-electron chi connectivity index (χ1n) is 5.59. The number of nitrogens with two attached hydrogens (primary N) is 1. The number of carbonyl (C=O) groups excluding carboxylic acids is 1. The fraction of sp³-hybridized carbons (Fsp3) is 0.333. The number of rotatable bonds is 3. The van der Waals surface area contributed by atoms with Crippen molar-refractivity contribution in [2.45, 2.75) is 13.8 Å². The molecule has 0 saturated carbocycles. The minimum atomic E-state index is -0.171. The Labute approximate surface area is 99.4 Å². The van der Waals surface area contributed by atoms with Gasteiger partial charge in [0.05, 0.1) is 5.52 Å². The molecule has 5 nitrogen and oxygen atoms in total. The van der Waals surface area contributed by atoms with Crippen LogP contribution in [0.15, 0.2) is 18.2 Å². The number of H-pyrrole nitrogens is 1. The monoisotopic (exact) mass is 232 g/mol. The fourth-order valence-corrected chi connectivity index (χ4v) is 1.59. The number of hydrogen-bond donors (Lipinski definition) is 3. The molecular weight excluding hydrogens is 216 g/mol. The molecule has 5 heteroatoms. The molecule has 0 fully saturated rings. The lowest BCUT2D eigenvalue weighted by molar-refractivity contribution is 0.0945. The van der Waals surface area contributed by atoms with Gasteiger partial charge in [-0.3, -0.25) is 9.89 Å². The van der Waals surface area contributed by atoms with Crippen molar-refractivity contribution in [1.82, 2.24) is 15.5 Å². The van der Waals surface area contributed by atoms with Crippen LogP contribution in [0.5, 0.6) is 0 Å². The molecule has 1 heterocycles. The Kier molecular flexibility index (Phi) is 2.99. The zero-order valence-electron chi connectivity index (χ0n) is 9.95. The molecule has 0 saturated heterocycles. The molecule has 1 aromatic carbocycles. The number of nitrogens with zero attached hydrogens (tertiary/aromatic N) is 1. The first-order chi connectivity index (χ1) is 8.08. The van der Waals surface area contributed by atoms with E-state index < -0.39 is 0 Å². The Morgan fingerprint density at radius 3 is 3.00 bits per heavy atom. The standard InChI is InChI=1S/C12H16N4O/c1-7(2)6-14-12(17)11-9-5-8(13)3-4-10(9)15-16-11/h3-5,7H,6,13H2,1-2H3,(H,14,17)(H,15,16). The number of aromatic amines is 1. The van der Waals surface area contributed by atoms with Crippen LogP contribution in [-0.2, 0) is 0 Å². The lowest BCUT2D eigenvalue weighted by Crippen LogP contribution is -2.27. The van der Waals surface area contributed by atoms with Gasteiger partial charge in [-0.05, 0) is 24.1 Å². The SMILES string of the molecule is CC(C)CNC(=O)c1n[nH]c2ccc(N)cc12. The van der Waals surface area contributed by atoms with Gasteiger partial charge < -0.3 is 11.1 Å². The number of nitrogens with one attached hydrogen (secondary N) is 2. The summed E-state index contributed by atoms with van der Waals surface area (Å²) >= 11 is 0. The van der Waals surface area contributed by atoms with Crippen LogP contribution in [0.1, 0.15) is 24.3 Å². The Hall–Kier alpha value is -2.04. The molecule has 90 valence electrons. The van der Waals surface area contributed by atoms with Gasteiger partial charge in [-0.2, -0.15) is 5.10 Å². The largest absolute Gasteiger partial charge is 0.399 e. The molecule has 17 heavy (non-hydrogen) atoms. The summed E-state index contributed by atoms with van der Waals surface area (Å²) < 4.78 is 0. The maximum atomic E-state index is 11.9. The lowest BCUT2D eigenvalue weighted by atomic mass is 10.1. The van der Waals surface area contributed by atoms with Crippen molar-refractivity contribution in [2.24, 2.45) is 5.92 Å². The summed E-state index contributed by atoms with van der Waals surface area (Å²) in [5.74, 6) is 0.241. The molecule has 0 aliphatic rings. The summed E-state index contributed by atoms with van der Waals surface area (Å²) in [5.41, 5.74) is 7.53. The number of carbonyl (C=O) groups is 1. The Morgan fingerprint density at radius 2 is 2.29 bits per heavy atom. The number of anilines is 1. The van der Waals surface area contributed by atoms with Crippen LogP contribution in [0, 0.1) is 5.92 Å². The summed E-state index contributed by atoms with van der Waals surface area (Å²) in [6, 6.07) is 5.34. The van der Waals surface area contributed by atoms with Crippen molar-refractivity contribution in [3.05, 3.63) is 23.9 Å². The molecule has 0 spiro atoms. The van der Waals surface area contributed by atoms with Crippen molar-refractivity contribution in [3.63, 3.8) is 0 Å². The van der Waals surface area contributed by atoms with E-state index in [0.717, 1.165) is 10.9 Å². The maximum absolute atomic E-state index is 11.9. The van der Waals surface area contributed by atoms with Crippen LogP contribution >= 0.6 is 0 Å². The van der Waals surface area contributed by atoms with E-state index in [1.54, 1.807) is 12.1 Å². The first kappa shape index (κ1) is 11.4. The molecule has 0 aliphatic carbocycles. The summed E-state index contributed by atoms with van der Waals surface area (Å²) in [6.45, 7) is 4.72. The second-order valence-electron chi connectivity index (χ2n) is 4.48. The normalized spacial score (nSPS) is 11.0. The molecule has 0 atom stereocenters. The second-order valence-corrected chi connectivity index (χ2v) is 4.48. The van der Waals surface area contributed by atoms with Crippen molar-refractivity contribution in [3.8, 4) is 0 Å². The van der Waals surface area contributed by atoms with Crippen LogP contribution in [0.2, 0.25) is 0 Å². The molecule has 1 amide bonds. The summed E-state index contributed by atoms with van der Waals surface area (Å²) in [6.07, 6.45) is 0. The number of nitrogen functional groups attached to an aromatic ring is 1. The van der Waals surface area contributed by atoms with E-state index in [1.807, 2.05) is 19.9 Å². The maximum Gasteiger partial charge on any atom is 0.272 e. The number of benzene rings is 1. The number of fused-ring (bicyclic) bond motifs is 1. The molecule has 2 rings (SSSR count). The van der Waals surface area contributed by atoms with Gasteiger partial charge in [0.1, 0.15) is 0 Å². The Balaban J connectivity index is 2.29. The summed E-state index contributed by atoms with van der Waals surface area (Å²) in [5, 5.41) is 10.4. The minimum Gasteiger partial charge on any atom is -0.399 e. The van der Waals surface area contributed by atoms with Gasteiger partial charge in [0.25, 0.3) is 5.91 Å². The zero-order chi connectivity index (χ0) is 12.4. The van der Waals surface area contributed by atoms with Crippen molar-refractivity contribution < 1.29 is 4.79 Å². The minimum absolute atomic E-state index is 0.171. The van der Waals surface area contributed by atoms with Gasteiger partial charge in [0, 0.05) is 17.6 Å². The average molecular weight is 232 g/mol. The van der Waals surface area contributed by atoms with Gasteiger partial charge in [-0.25, -0.2) is 0 Å². The van der Waals surface area contributed by atoms with E-state index >= 15 is 0 Å². The molecule has 1 aromatic heterocycles. The summed E-state index contributed by atoms with van der Waals surface area (Å²) in [7, 11) is 0. The van der Waals surface area contributed by atoms with Crippen LogP contribution < -0.4 is 11.1 Å². The van der Waals surface area contributed by atoms with Gasteiger partial charge in [0.2, 0.25) is 0 Å². The molecular formula is C12H16N4O. The van der Waals surface area contributed by atoms with Gasteiger partial charge in [0.15, 0.2) is 5.69 Å². The molecule has 0 unspecified atom stereocenters. The number of hydrogen-bond acceptors (Lipinski definition) is 3. The first-order valence-corrected chi connectivity index (χ1v) is 5.59. The average Bonchev–Trinajstić information content (AvgIpc) is 2.68. The predicted octanol–water partition coefficient (Wildman–Crippen LogP) is 1.53. The highest BCUT2D eigenvalue weighted by Gasteiger charge is 2.14. The van der Waals surface area contributed by atoms with Gasteiger partial charge in [-0.15, -0.1) is 0 Å². The van der Waals surface area contributed by atoms with E-state index in [1.165, 1.54) is 0 Å². The van der Waals surface area contributed by atoms with Gasteiger partial charge >= 0.3 is 0 Å². The lowest BCUT2D eigenvalue weighted by Gasteiger charge is -2.05. The van der Waals surface area contributed by atoms with E-state index in [2.05, 4.69) is 15.5 Å². The molecule has 0 bridgehead atoms. The third-order valence-electron chi connectivity index (χ3n) is 2.47. The zero-order valence-corrected chi connectivity index (χ0v) is 9.95. The van der Waals surface area contributed by atoms with E-state index in [9.17, 15) is 4.79 Å². The van der Waals surface area contributed by atoms with Crippen LogP contribution in [-0.4, -0.2) is 22.6 Å². The Bertz CT molecular complexity index is 544. The molecule has 0 radical (unpaired) electrons. The number of amides is 1.